The number of fused-ring (bicyclic) bond motifs is 1. The number of hydrogen-bond acceptors (Lipinski definition) is 7. The number of nitrogens with zero attached hydrogens (tertiary/aromatic N) is 4. The van der Waals surface area contributed by atoms with E-state index in [2.05, 4.69) is 20.4 Å². The number of ether oxygens (including phenoxy) is 1. The topological polar surface area (TPSA) is 133 Å². The lowest BCUT2D eigenvalue weighted by Gasteiger charge is -2.16. The van der Waals surface area contributed by atoms with E-state index < -0.39 is 5.69 Å². The van der Waals surface area contributed by atoms with Crippen LogP contribution in [-0.4, -0.2) is 42.8 Å². The Morgan fingerprint density at radius 2 is 2.19 bits per heavy atom. The zero-order chi connectivity index (χ0) is 22.2. The van der Waals surface area contributed by atoms with E-state index in [1.54, 1.807) is 23.9 Å². The number of rotatable bonds is 6. The van der Waals surface area contributed by atoms with E-state index in [1.807, 2.05) is 37.3 Å². The standard InChI is InChI=1S/C22H23N7O3/c1-12(13-4-3-5-16(8-13)32-2)24-18-10-19(25-15-6-7-15)29-20(27-18)14(11-23-29)9-17-21(30)28-22(31)26-17/h3-5,8-12,15,24,30H,6-7H2,1-2H3,(H2,26,28,31)/t12-/m0/s1. The van der Waals surface area contributed by atoms with E-state index in [-0.39, 0.29) is 17.6 Å². The molecule has 0 aliphatic heterocycles. The van der Waals surface area contributed by atoms with Crippen LogP contribution in [0.5, 0.6) is 11.6 Å². The first-order valence-corrected chi connectivity index (χ1v) is 10.4. The Kier molecular flexibility index (Phi) is 4.89. The molecule has 1 saturated carbocycles. The smallest absolute Gasteiger partial charge is 0.326 e. The van der Waals surface area contributed by atoms with Crippen molar-refractivity contribution in [3.05, 3.63) is 69.0 Å². The minimum atomic E-state index is -0.489. The maximum absolute atomic E-state index is 11.5. The third-order valence-electron chi connectivity index (χ3n) is 5.34. The van der Waals surface area contributed by atoms with Gasteiger partial charge in [-0.05, 0) is 43.5 Å². The average molecular weight is 433 g/mol. The van der Waals surface area contributed by atoms with Crippen LogP contribution >= 0.6 is 0 Å². The van der Waals surface area contributed by atoms with E-state index in [0.717, 1.165) is 24.2 Å². The molecular formula is C22H23N7O3. The quantitative estimate of drug-likeness (QED) is 0.362. The van der Waals surface area contributed by atoms with Crippen LogP contribution in [0.15, 0.2) is 46.3 Å². The van der Waals surface area contributed by atoms with E-state index in [9.17, 15) is 9.90 Å². The third kappa shape index (κ3) is 3.94. The number of imidazole rings is 1. The van der Waals surface area contributed by atoms with Crippen molar-refractivity contribution in [1.29, 1.82) is 0 Å². The Morgan fingerprint density at radius 3 is 2.91 bits per heavy atom. The molecule has 3 heterocycles. The SMILES string of the molecule is COc1cccc([C@H](C)Nc2cc(=NC3CC3)n3ncc(=Cc4[nH]c(=O)[nH]c4O)c3n2)c1. The number of aromatic hydroxyl groups is 1. The van der Waals surface area contributed by atoms with E-state index >= 15 is 0 Å². The summed E-state index contributed by atoms with van der Waals surface area (Å²) in [5.41, 5.74) is 2.09. The predicted octanol–water partition coefficient (Wildman–Crippen LogP) is 1.24. The summed E-state index contributed by atoms with van der Waals surface area (Å²) >= 11 is 0. The first kappa shape index (κ1) is 19.9. The summed E-state index contributed by atoms with van der Waals surface area (Å²) in [5, 5.41) is 18.4. The fraction of sp³-hybridized carbons (Fsp3) is 0.273. The molecule has 0 radical (unpaired) electrons. The number of methoxy groups -OCH3 is 1. The first-order chi connectivity index (χ1) is 15.5. The normalized spacial score (nSPS) is 15.9. The largest absolute Gasteiger partial charge is 0.497 e. The fourth-order valence-electron chi connectivity index (χ4n) is 3.49. The zero-order valence-electron chi connectivity index (χ0n) is 17.7. The lowest BCUT2D eigenvalue weighted by molar-refractivity contribution is 0.414. The molecule has 10 nitrogen and oxygen atoms in total. The predicted molar refractivity (Wildman–Crippen MR) is 118 cm³/mol. The molecule has 0 spiro atoms. The van der Waals surface area contributed by atoms with E-state index in [4.69, 9.17) is 14.7 Å². The van der Waals surface area contributed by atoms with Gasteiger partial charge in [0.05, 0.1) is 25.4 Å². The number of H-pyrrole nitrogens is 2. The summed E-state index contributed by atoms with van der Waals surface area (Å²) in [4.78, 5) is 25.9. The Balaban J connectivity index is 1.60. The summed E-state index contributed by atoms with van der Waals surface area (Å²) in [5.74, 6) is 1.20. The van der Waals surface area contributed by atoms with Crippen LogP contribution in [0.3, 0.4) is 0 Å². The van der Waals surface area contributed by atoms with Crippen molar-refractivity contribution < 1.29 is 9.84 Å². The number of hydrogen-bond donors (Lipinski definition) is 4. The fourth-order valence-corrected chi connectivity index (χ4v) is 3.49. The number of nitrogens with one attached hydrogen (secondary N) is 3. The van der Waals surface area contributed by atoms with Gasteiger partial charge in [0, 0.05) is 11.3 Å². The van der Waals surface area contributed by atoms with Gasteiger partial charge in [0.1, 0.15) is 17.3 Å². The van der Waals surface area contributed by atoms with Crippen molar-refractivity contribution in [3.8, 4) is 11.6 Å². The second kappa shape index (κ2) is 7.88. The van der Waals surface area contributed by atoms with Gasteiger partial charge in [0.2, 0.25) is 5.88 Å². The summed E-state index contributed by atoms with van der Waals surface area (Å²) < 4.78 is 7.01. The van der Waals surface area contributed by atoms with Crippen LogP contribution in [0.25, 0.3) is 11.7 Å². The molecule has 4 N–H and O–H groups in total. The van der Waals surface area contributed by atoms with Gasteiger partial charge < -0.3 is 20.1 Å². The molecular weight excluding hydrogens is 410 g/mol. The minimum absolute atomic E-state index is 0.0331. The van der Waals surface area contributed by atoms with Crippen LogP contribution < -0.4 is 26.4 Å². The molecule has 10 heteroatoms. The van der Waals surface area contributed by atoms with Gasteiger partial charge >= 0.3 is 5.69 Å². The molecule has 0 unspecified atom stereocenters. The molecule has 5 rings (SSSR count). The zero-order valence-corrected chi connectivity index (χ0v) is 17.7. The highest BCUT2D eigenvalue weighted by molar-refractivity contribution is 5.58. The number of aromatic nitrogens is 5. The molecule has 0 bridgehead atoms. The lowest BCUT2D eigenvalue weighted by atomic mass is 10.1. The second-order valence-electron chi connectivity index (χ2n) is 7.82. The molecule has 0 saturated heterocycles. The molecule has 1 fully saturated rings. The van der Waals surface area contributed by atoms with Gasteiger partial charge in [0.25, 0.3) is 0 Å². The molecule has 1 aliphatic carbocycles. The molecule has 1 aliphatic rings. The Hall–Kier alpha value is -4.08. The van der Waals surface area contributed by atoms with Gasteiger partial charge in [-0.1, -0.05) is 12.1 Å². The van der Waals surface area contributed by atoms with Crippen molar-refractivity contribution in [2.45, 2.75) is 31.8 Å². The van der Waals surface area contributed by atoms with E-state index in [0.29, 0.717) is 28.2 Å². The molecule has 1 aromatic carbocycles. The van der Waals surface area contributed by atoms with Crippen LogP contribution in [-0.2, 0) is 0 Å². The minimum Gasteiger partial charge on any atom is -0.497 e. The van der Waals surface area contributed by atoms with Gasteiger partial charge in [-0.2, -0.15) is 9.61 Å². The van der Waals surface area contributed by atoms with Gasteiger partial charge in [0.15, 0.2) is 11.1 Å². The molecule has 1 atom stereocenters. The van der Waals surface area contributed by atoms with Gasteiger partial charge in [-0.15, -0.1) is 0 Å². The highest BCUT2D eigenvalue weighted by atomic mass is 16.5. The van der Waals surface area contributed by atoms with Crippen LogP contribution in [0, 0.1) is 0 Å². The first-order valence-electron chi connectivity index (χ1n) is 10.4. The molecule has 3 aromatic heterocycles. The second-order valence-corrected chi connectivity index (χ2v) is 7.82. The maximum Gasteiger partial charge on any atom is 0.326 e. The monoisotopic (exact) mass is 433 g/mol. The highest BCUT2D eigenvalue weighted by Crippen LogP contribution is 2.23. The Labute approximate surface area is 182 Å². The molecule has 4 aromatic rings. The van der Waals surface area contributed by atoms with Gasteiger partial charge in [-0.3, -0.25) is 9.98 Å². The average Bonchev–Trinajstić information content (AvgIpc) is 3.42. The molecule has 164 valence electrons. The maximum atomic E-state index is 11.5. The number of anilines is 1. The van der Waals surface area contributed by atoms with Crippen LogP contribution in [0.1, 0.15) is 37.1 Å². The van der Waals surface area contributed by atoms with Crippen LogP contribution in [0.2, 0.25) is 0 Å². The lowest BCUT2D eigenvalue weighted by Crippen LogP contribution is -2.21. The summed E-state index contributed by atoms with van der Waals surface area (Å²) in [6.45, 7) is 2.05. The summed E-state index contributed by atoms with van der Waals surface area (Å²) in [6.07, 6.45) is 5.38. The van der Waals surface area contributed by atoms with E-state index in [1.165, 1.54) is 0 Å². The number of benzene rings is 1. The third-order valence-corrected chi connectivity index (χ3v) is 5.34. The Morgan fingerprint density at radius 1 is 1.34 bits per heavy atom. The van der Waals surface area contributed by atoms with Crippen molar-refractivity contribution >= 4 is 17.5 Å². The molecule has 0 amide bonds. The van der Waals surface area contributed by atoms with Crippen LogP contribution in [0.4, 0.5) is 5.82 Å². The Bertz CT molecular complexity index is 1460. The summed E-state index contributed by atoms with van der Waals surface area (Å²) in [6, 6.07) is 10.0. The highest BCUT2D eigenvalue weighted by Gasteiger charge is 2.20. The number of aromatic amines is 2. The summed E-state index contributed by atoms with van der Waals surface area (Å²) in [7, 11) is 1.64. The van der Waals surface area contributed by atoms with Crippen molar-refractivity contribution in [1.82, 2.24) is 24.6 Å². The van der Waals surface area contributed by atoms with Crippen molar-refractivity contribution in [2.75, 3.05) is 12.4 Å². The van der Waals surface area contributed by atoms with Gasteiger partial charge in [-0.25, -0.2) is 9.78 Å². The molecule has 32 heavy (non-hydrogen) atoms. The van der Waals surface area contributed by atoms with Crippen molar-refractivity contribution in [3.63, 3.8) is 0 Å². The van der Waals surface area contributed by atoms with Crippen molar-refractivity contribution in [2.24, 2.45) is 4.99 Å².